The molecule has 0 saturated heterocycles. The maximum absolute atomic E-state index is 5.29. The maximum atomic E-state index is 5.29. The lowest BCUT2D eigenvalue weighted by molar-refractivity contribution is 1.09. The van der Waals surface area contributed by atoms with E-state index in [4.69, 9.17) is 9.97 Å². The Labute approximate surface area is 245 Å². The lowest BCUT2D eigenvalue weighted by Crippen LogP contribution is -2.02. The van der Waals surface area contributed by atoms with Crippen LogP contribution < -0.4 is 0 Å². The largest absolute Gasteiger partial charge is 0.291 e. The van der Waals surface area contributed by atoms with E-state index in [9.17, 15) is 0 Å². The van der Waals surface area contributed by atoms with Crippen LogP contribution >= 0.6 is 11.3 Å². The monoisotopic (exact) mass is 551 g/mol. The molecule has 3 nitrogen and oxygen atoms in total. The molecule has 1 aliphatic rings. The average Bonchev–Trinajstić information content (AvgIpc) is 3.56. The summed E-state index contributed by atoms with van der Waals surface area (Å²) in [5, 5.41) is 5.10. The van der Waals surface area contributed by atoms with Gasteiger partial charge in [0.05, 0.1) is 22.1 Å². The van der Waals surface area contributed by atoms with Crippen LogP contribution in [0.25, 0.3) is 92.3 Å². The third-order valence-corrected chi connectivity index (χ3v) is 9.89. The molecule has 194 valence electrons. The van der Waals surface area contributed by atoms with Crippen LogP contribution in [-0.4, -0.2) is 14.5 Å². The average molecular weight is 552 g/mol. The number of para-hydroxylation sites is 3. The minimum absolute atomic E-state index is 0.877. The van der Waals surface area contributed by atoms with Crippen LogP contribution in [0.2, 0.25) is 0 Å². The fourth-order valence-electron chi connectivity index (χ4n) is 6.92. The molecule has 0 fully saturated rings. The second kappa shape index (κ2) is 8.12. The second-order valence-electron chi connectivity index (χ2n) is 11.0. The van der Waals surface area contributed by atoms with Crippen molar-refractivity contribution in [2.45, 2.75) is 0 Å². The number of rotatable bonds is 1. The van der Waals surface area contributed by atoms with E-state index in [0.29, 0.717) is 0 Å². The van der Waals surface area contributed by atoms with Gasteiger partial charge in [-0.3, -0.25) is 4.57 Å². The van der Waals surface area contributed by atoms with Gasteiger partial charge < -0.3 is 0 Å². The molecular formula is C38H21N3S. The van der Waals surface area contributed by atoms with Crippen molar-refractivity contribution in [1.82, 2.24) is 14.5 Å². The summed E-state index contributed by atoms with van der Waals surface area (Å²) in [6.07, 6.45) is 0. The zero-order valence-electron chi connectivity index (χ0n) is 22.4. The van der Waals surface area contributed by atoms with Crippen LogP contribution in [0.15, 0.2) is 127 Å². The number of aromatic nitrogens is 3. The molecule has 4 heterocycles. The molecule has 0 unspecified atom stereocenters. The third-order valence-electron chi connectivity index (χ3n) is 8.74. The van der Waals surface area contributed by atoms with E-state index in [1.54, 1.807) is 0 Å². The van der Waals surface area contributed by atoms with Crippen LogP contribution in [-0.2, 0) is 0 Å². The minimum atomic E-state index is 0.877. The SMILES string of the molecule is c1ccc2c(c1)-c1nc3ccccc3nc1-n1c3ccccc3c3c(-c4ccc5sc6ccccc6c5c4)ccc-2c31. The molecule has 0 atom stereocenters. The Morgan fingerprint density at radius 3 is 2.10 bits per heavy atom. The van der Waals surface area contributed by atoms with E-state index in [-0.39, 0.29) is 0 Å². The summed E-state index contributed by atoms with van der Waals surface area (Å²) in [6.45, 7) is 0. The second-order valence-corrected chi connectivity index (χ2v) is 12.1. The van der Waals surface area contributed by atoms with Gasteiger partial charge in [0.2, 0.25) is 0 Å². The summed E-state index contributed by atoms with van der Waals surface area (Å²) in [5.41, 5.74) is 11.0. The van der Waals surface area contributed by atoms with Crippen LogP contribution in [0.1, 0.15) is 0 Å². The fraction of sp³-hybridized carbons (Fsp3) is 0. The van der Waals surface area contributed by atoms with Crippen molar-refractivity contribution in [2.75, 3.05) is 0 Å². The molecule has 0 radical (unpaired) electrons. The summed E-state index contributed by atoms with van der Waals surface area (Å²) in [6, 6.07) is 45.8. The van der Waals surface area contributed by atoms with Crippen LogP contribution in [0, 0.1) is 0 Å². The Hall–Kier alpha value is -5.32. The highest BCUT2D eigenvalue weighted by atomic mass is 32.1. The quantitative estimate of drug-likeness (QED) is 0.203. The number of benzene rings is 6. The summed E-state index contributed by atoms with van der Waals surface area (Å²) >= 11 is 1.86. The normalized spacial score (nSPS) is 12.3. The van der Waals surface area contributed by atoms with Crippen LogP contribution in [0.5, 0.6) is 0 Å². The van der Waals surface area contributed by atoms with E-state index < -0.39 is 0 Å². The minimum Gasteiger partial charge on any atom is -0.291 e. The first-order valence-corrected chi connectivity index (χ1v) is 15.0. The van der Waals surface area contributed by atoms with Crippen molar-refractivity contribution in [3.05, 3.63) is 127 Å². The van der Waals surface area contributed by atoms with E-state index in [0.717, 1.165) is 33.6 Å². The van der Waals surface area contributed by atoms with Crippen molar-refractivity contribution in [2.24, 2.45) is 0 Å². The van der Waals surface area contributed by atoms with Gasteiger partial charge >= 0.3 is 0 Å². The molecule has 0 N–H and O–H groups in total. The Morgan fingerprint density at radius 2 is 1.19 bits per heavy atom. The number of thiophene rings is 1. The Kier molecular flexibility index (Phi) is 4.33. The topological polar surface area (TPSA) is 30.7 Å². The summed E-state index contributed by atoms with van der Waals surface area (Å²) in [4.78, 5) is 10.5. The van der Waals surface area contributed by atoms with Gasteiger partial charge in [0, 0.05) is 42.1 Å². The Bertz CT molecular complexity index is 2590. The zero-order valence-corrected chi connectivity index (χ0v) is 23.2. The number of nitrogens with zero attached hydrogens (tertiary/aromatic N) is 3. The molecule has 0 aliphatic carbocycles. The standard InChI is InChI=1S/C38H21N3S/c1-2-11-26-24(9-1)27-19-18-23(22-17-20-34-29(21-22)25-10-4-8-16-33(25)42-34)35-28-12-3-7-15-32(28)41(37(27)35)38-36(26)39-30-13-5-6-14-31(30)40-38/h1-21H. The van der Waals surface area contributed by atoms with Crippen molar-refractivity contribution in [1.29, 1.82) is 0 Å². The smallest absolute Gasteiger partial charge is 0.165 e. The molecule has 0 amide bonds. The van der Waals surface area contributed by atoms with Crippen molar-refractivity contribution < 1.29 is 0 Å². The fourth-order valence-corrected chi connectivity index (χ4v) is 8.01. The number of fused-ring (bicyclic) bond motifs is 12. The summed E-state index contributed by atoms with van der Waals surface area (Å²) in [7, 11) is 0. The molecular weight excluding hydrogens is 531 g/mol. The van der Waals surface area contributed by atoms with Crippen molar-refractivity contribution in [3.63, 3.8) is 0 Å². The van der Waals surface area contributed by atoms with E-state index >= 15 is 0 Å². The van der Waals surface area contributed by atoms with Gasteiger partial charge in [0.25, 0.3) is 0 Å². The molecule has 6 aromatic carbocycles. The van der Waals surface area contributed by atoms with Gasteiger partial charge in [-0.25, -0.2) is 9.97 Å². The molecule has 3 aromatic heterocycles. The van der Waals surface area contributed by atoms with Gasteiger partial charge in [0.1, 0.15) is 5.69 Å². The predicted octanol–water partition coefficient (Wildman–Crippen LogP) is 10.4. The van der Waals surface area contributed by atoms with Crippen molar-refractivity contribution >= 4 is 64.3 Å². The first-order chi connectivity index (χ1) is 20.8. The Morgan fingerprint density at radius 1 is 0.500 bits per heavy atom. The molecule has 1 aliphatic heterocycles. The molecule has 10 rings (SSSR count). The van der Waals surface area contributed by atoms with Crippen molar-refractivity contribution in [3.8, 4) is 39.3 Å². The van der Waals surface area contributed by atoms with Crippen LogP contribution in [0.4, 0.5) is 0 Å². The third kappa shape index (κ3) is 2.89. The molecule has 4 heteroatoms. The summed E-state index contributed by atoms with van der Waals surface area (Å²) < 4.78 is 5.00. The highest BCUT2D eigenvalue weighted by Gasteiger charge is 2.28. The van der Waals surface area contributed by atoms with E-state index in [1.165, 1.54) is 58.7 Å². The first-order valence-electron chi connectivity index (χ1n) is 14.2. The molecule has 0 bridgehead atoms. The number of hydrogen-bond donors (Lipinski definition) is 0. The summed E-state index contributed by atoms with van der Waals surface area (Å²) in [5.74, 6) is 0.877. The lowest BCUT2D eigenvalue weighted by atomic mass is 9.92. The predicted molar refractivity (Wildman–Crippen MR) is 177 cm³/mol. The van der Waals surface area contributed by atoms with E-state index in [2.05, 4.69) is 120 Å². The Balaban J connectivity index is 1.39. The number of hydrogen-bond acceptors (Lipinski definition) is 3. The molecule has 0 spiro atoms. The molecule has 0 saturated carbocycles. The highest BCUT2D eigenvalue weighted by Crippen LogP contribution is 2.49. The van der Waals surface area contributed by atoms with Gasteiger partial charge in [-0.05, 0) is 53.1 Å². The lowest BCUT2D eigenvalue weighted by Gasteiger charge is -2.12. The van der Waals surface area contributed by atoms with E-state index in [1.807, 2.05) is 23.5 Å². The zero-order chi connectivity index (χ0) is 27.4. The first kappa shape index (κ1) is 22.4. The maximum Gasteiger partial charge on any atom is 0.165 e. The molecule has 42 heavy (non-hydrogen) atoms. The highest BCUT2D eigenvalue weighted by molar-refractivity contribution is 7.25. The van der Waals surface area contributed by atoms with Gasteiger partial charge in [0.15, 0.2) is 5.82 Å². The van der Waals surface area contributed by atoms with Gasteiger partial charge in [-0.1, -0.05) is 91.0 Å². The van der Waals surface area contributed by atoms with Gasteiger partial charge in [-0.2, -0.15) is 0 Å². The molecule has 9 aromatic rings. The van der Waals surface area contributed by atoms with Gasteiger partial charge in [-0.15, -0.1) is 11.3 Å². The van der Waals surface area contributed by atoms with Crippen LogP contribution in [0.3, 0.4) is 0 Å².